The van der Waals surface area contributed by atoms with Crippen LogP contribution < -0.4 is 0 Å². The fourth-order valence-electron chi connectivity index (χ4n) is 3.29. The van der Waals surface area contributed by atoms with Crippen molar-refractivity contribution in [2.75, 3.05) is 39.3 Å². The fourth-order valence-corrected chi connectivity index (χ4v) is 3.29. The highest BCUT2D eigenvalue weighted by Crippen LogP contribution is 2.19. The number of rotatable bonds is 5. The van der Waals surface area contributed by atoms with E-state index in [4.69, 9.17) is 9.47 Å². The van der Waals surface area contributed by atoms with E-state index in [-0.39, 0.29) is 18.1 Å². The molecule has 0 aliphatic carbocycles. The predicted molar refractivity (Wildman–Crippen MR) is 93.2 cm³/mol. The van der Waals surface area contributed by atoms with E-state index < -0.39 is 0 Å². The zero-order valence-electron chi connectivity index (χ0n) is 14.5. The molecule has 0 saturated carbocycles. The highest BCUT2D eigenvalue weighted by Gasteiger charge is 2.27. The Labute approximate surface area is 148 Å². The van der Waals surface area contributed by atoms with E-state index >= 15 is 0 Å². The van der Waals surface area contributed by atoms with Gasteiger partial charge in [0.2, 0.25) is 0 Å². The monoisotopic (exact) mass is 346 g/mol. The molecular formula is C19H26N2O4. The van der Waals surface area contributed by atoms with E-state index in [1.807, 2.05) is 30.3 Å². The SMILES string of the molecule is O=C[C@@H]1CC[C@@H](CN2CCN(C(=O)OCc3ccccc3)CC2)OC1. The zero-order chi connectivity index (χ0) is 17.5. The van der Waals surface area contributed by atoms with Crippen LogP contribution in [0.5, 0.6) is 0 Å². The maximum absolute atomic E-state index is 12.2. The van der Waals surface area contributed by atoms with Crippen molar-refractivity contribution in [2.45, 2.75) is 25.6 Å². The first kappa shape index (κ1) is 17.9. The van der Waals surface area contributed by atoms with Crippen LogP contribution in [0.4, 0.5) is 4.79 Å². The summed E-state index contributed by atoms with van der Waals surface area (Å²) in [7, 11) is 0. The summed E-state index contributed by atoms with van der Waals surface area (Å²) in [5.74, 6) is 0.0625. The summed E-state index contributed by atoms with van der Waals surface area (Å²) in [6.07, 6.45) is 2.80. The van der Waals surface area contributed by atoms with E-state index in [0.717, 1.165) is 44.3 Å². The number of piperazine rings is 1. The second-order valence-electron chi connectivity index (χ2n) is 6.76. The van der Waals surface area contributed by atoms with E-state index in [1.165, 1.54) is 0 Å². The first-order valence-electron chi connectivity index (χ1n) is 8.99. The third kappa shape index (κ3) is 5.28. The number of hydrogen-bond donors (Lipinski definition) is 0. The van der Waals surface area contributed by atoms with Crippen molar-refractivity contribution >= 4 is 12.4 Å². The lowest BCUT2D eigenvalue weighted by molar-refractivity contribution is -0.117. The van der Waals surface area contributed by atoms with Gasteiger partial charge in [-0.05, 0) is 18.4 Å². The molecule has 1 aromatic carbocycles. The van der Waals surface area contributed by atoms with Gasteiger partial charge in [0.15, 0.2) is 0 Å². The Hall–Kier alpha value is -1.92. The van der Waals surface area contributed by atoms with Crippen LogP contribution in [0.25, 0.3) is 0 Å². The van der Waals surface area contributed by atoms with Crippen LogP contribution in [-0.4, -0.2) is 67.6 Å². The first-order valence-corrected chi connectivity index (χ1v) is 8.99. The molecule has 2 atom stereocenters. The largest absolute Gasteiger partial charge is 0.445 e. The van der Waals surface area contributed by atoms with Gasteiger partial charge in [0.1, 0.15) is 12.9 Å². The molecule has 136 valence electrons. The van der Waals surface area contributed by atoms with Crippen LogP contribution in [0.1, 0.15) is 18.4 Å². The minimum absolute atomic E-state index is 0.0625. The quantitative estimate of drug-likeness (QED) is 0.763. The summed E-state index contributed by atoms with van der Waals surface area (Å²) in [5, 5.41) is 0. The number of aldehydes is 1. The van der Waals surface area contributed by atoms with Gasteiger partial charge in [-0.1, -0.05) is 30.3 Å². The smallest absolute Gasteiger partial charge is 0.410 e. The summed E-state index contributed by atoms with van der Waals surface area (Å²) in [4.78, 5) is 27.0. The van der Waals surface area contributed by atoms with Crippen LogP contribution in [0.3, 0.4) is 0 Å². The van der Waals surface area contributed by atoms with Crippen molar-refractivity contribution in [3.05, 3.63) is 35.9 Å². The molecule has 1 aromatic rings. The Kier molecular flexibility index (Phi) is 6.42. The maximum Gasteiger partial charge on any atom is 0.410 e. The molecule has 2 aliphatic heterocycles. The molecule has 0 radical (unpaired) electrons. The Morgan fingerprint density at radius 2 is 1.92 bits per heavy atom. The number of amides is 1. The van der Waals surface area contributed by atoms with Crippen molar-refractivity contribution < 1.29 is 19.1 Å². The predicted octanol–water partition coefficient (Wildman–Crippen LogP) is 1.93. The lowest BCUT2D eigenvalue weighted by Crippen LogP contribution is -2.51. The Bertz CT molecular complexity index is 550. The third-order valence-electron chi connectivity index (χ3n) is 4.90. The van der Waals surface area contributed by atoms with Gasteiger partial charge in [-0.25, -0.2) is 4.79 Å². The molecule has 0 N–H and O–H groups in total. The average Bonchev–Trinajstić information content (AvgIpc) is 2.68. The lowest BCUT2D eigenvalue weighted by atomic mass is 9.99. The van der Waals surface area contributed by atoms with Crippen molar-refractivity contribution in [1.82, 2.24) is 9.80 Å². The molecule has 2 saturated heterocycles. The van der Waals surface area contributed by atoms with E-state index in [9.17, 15) is 9.59 Å². The third-order valence-corrected chi connectivity index (χ3v) is 4.90. The summed E-state index contributed by atoms with van der Waals surface area (Å²) in [5.41, 5.74) is 0.998. The molecule has 2 aliphatic rings. The molecule has 0 bridgehead atoms. The number of carbonyl (C=O) groups excluding carboxylic acids is 2. The van der Waals surface area contributed by atoms with Crippen LogP contribution >= 0.6 is 0 Å². The van der Waals surface area contributed by atoms with Gasteiger partial charge < -0.3 is 19.2 Å². The molecule has 2 heterocycles. The van der Waals surface area contributed by atoms with Gasteiger partial charge >= 0.3 is 6.09 Å². The molecule has 3 rings (SSSR count). The normalized spacial score (nSPS) is 24.7. The first-order chi connectivity index (χ1) is 12.2. The molecule has 6 heteroatoms. The average molecular weight is 346 g/mol. The Morgan fingerprint density at radius 3 is 2.56 bits per heavy atom. The van der Waals surface area contributed by atoms with Crippen LogP contribution in [0, 0.1) is 5.92 Å². The highest BCUT2D eigenvalue weighted by atomic mass is 16.6. The molecule has 2 fully saturated rings. The highest BCUT2D eigenvalue weighted by molar-refractivity contribution is 5.67. The molecule has 1 amide bonds. The van der Waals surface area contributed by atoms with Crippen molar-refractivity contribution in [3.63, 3.8) is 0 Å². The topological polar surface area (TPSA) is 59.1 Å². The molecule has 0 aromatic heterocycles. The molecule has 6 nitrogen and oxygen atoms in total. The number of benzene rings is 1. The van der Waals surface area contributed by atoms with Gasteiger partial charge in [0.25, 0.3) is 0 Å². The fraction of sp³-hybridized carbons (Fsp3) is 0.579. The molecule has 0 unspecified atom stereocenters. The van der Waals surface area contributed by atoms with E-state index in [0.29, 0.717) is 26.3 Å². The second-order valence-corrected chi connectivity index (χ2v) is 6.76. The van der Waals surface area contributed by atoms with Crippen LogP contribution in [0.15, 0.2) is 30.3 Å². The molecular weight excluding hydrogens is 320 g/mol. The Balaban J connectivity index is 1.35. The van der Waals surface area contributed by atoms with Gasteiger partial charge in [-0.15, -0.1) is 0 Å². The maximum atomic E-state index is 12.2. The van der Waals surface area contributed by atoms with Crippen LogP contribution in [-0.2, 0) is 20.9 Å². The minimum Gasteiger partial charge on any atom is -0.445 e. The van der Waals surface area contributed by atoms with Crippen LogP contribution in [0.2, 0.25) is 0 Å². The molecule has 0 spiro atoms. The summed E-state index contributed by atoms with van der Waals surface area (Å²) in [6, 6.07) is 9.72. The second kappa shape index (κ2) is 8.97. The van der Waals surface area contributed by atoms with Crippen molar-refractivity contribution in [3.8, 4) is 0 Å². The number of carbonyl (C=O) groups is 2. The Morgan fingerprint density at radius 1 is 1.16 bits per heavy atom. The summed E-state index contributed by atoms with van der Waals surface area (Å²) in [6.45, 7) is 4.75. The number of ether oxygens (including phenoxy) is 2. The molecule has 25 heavy (non-hydrogen) atoms. The number of nitrogens with zero attached hydrogens (tertiary/aromatic N) is 2. The van der Waals surface area contributed by atoms with E-state index in [1.54, 1.807) is 4.90 Å². The van der Waals surface area contributed by atoms with Gasteiger partial charge in [-0.3, -0.25) is 4.90 Å². The van der Waals surface area contributed by atoms with Gasteiger partial charge in [-0.2, -0.15) is 0 Å². The lowest BCUT2D eigenvalue weighted by Gasteiger charge is -2.37. The van der Waals surface area contributed by atoms with Gasteiger partial charge in [0.05, 0.1) is 12.7 Å². The summed E-state index contributed by atoms with van der Waals surface area (Å²) >= 11 is 0. The minimum atomic E-state index is -0.244. The van der Waals surface area contributed by atoms with Gasteiger partial charge in [0, 0.05) is 38.6 Å². The van der Waals surface area contributed by atoms with Crippen molar-refractivity contribution in [1.29, 1.82) is 0 Å². The zero-order valence-corrected chi connectivity index (χ0v) is 14.5. The van der Waals surface area contributed by atoms with E-state index in [2.05, 4.69) is 4.90 Å². The number of hydrogen-bond acceptors (Lipinski definition) is 5. The van der Waals surface area contributed by atoms with Crippen molar-refractivity contribution in [2.24, 2.45) is 5.92 Å². The standard InChI is InChI=1S/C19H26N2O4/c22-13-17-6-7-18(24-15-17)12-20-8-10-21(11-9-20)19(23)25-14-16-4-2-1-3-5-16/h1-5,13,17-18H,6-12,14-15H2/t17-,18-/m0/s1. The summed E-state index contributed by atoms with van der Waals surface area (Å²) < 4.78 is 11.2.